The van der Waals surface area contributed by atoms with E-state index in [1.165, 1.54) is 5.56 Å². The van der Waals surface area contributed by atoms with Crippen LogP contribution in [0.1, 0.15) is 30.9 Å². The lowest BCUT2D eigenvalue weighted by molar-refractivity contribution is 0.745. The molecule has 17 heavy (non-hydrogen) atoms. The van der Waals surface area contributed by atoms with Crippen molar-refractivity contribution in [2.75, 3.05) is 6.54 Å². The Hall–Kier alpha value is -1.42. The molecule has 1 aromatic rings. The van der Waals surface area contributed by atoms with E-state index < -0.39 is 0 Å². The minimum atomic E-state index is 0.571. The number of thiocarbonyl (C=S) groups is 1. The molecule has 0 aliphatic carbocycles. The first-order chi connectivity index (χ1) is 8.22. The van der Waals surface area contributed by atoms with E-state index in [-0.39, 0.29) is 0 Å². The molecule has 0 aliphatic rings. The molecule has 1 aromatic carbocycles. The van der Waals surface area contributed by atoms with Crippen molar-refractivity contribution in [3.05, 3.63) is 35.4 Å². The highest BCUT2D eigenvalue weighted by Crippen LogP contribution is 1.99. The summed E-state index contributed by atoms with van der Waals surface area (Å²) < 4.78 is 0. The molecule has 0 saturated carbocycles. The minimum Gasteiger partial charge on any atom is -0.361 e. The molecule has 0 atom stereocenters. The van der Waals surface area contributed by atoms with Crippen LogP contribution in [-0.2, 0) is 0 Å². The van der Waals surface area contributed by atoms with Crippen LogP contribution in [0, 0.1) is 6.92 Å². The second kappa shape index (κ2) is 7.79. The molecule has 0 unspecified atom stereocenters. The van der Waals surface area contributed by atoms with Gasteiger partial charge in [-0.1, -0.05) is 43.2 Å². The Morgan fingerprint density at radius 1 is 1.35 bits per heavy atom. The van der Waals surface area contributed by atoms with Crippen molar-refractivity contribution in [1.29, 1.82) is 0 Å². The molecule has 3 nitrogen and oxygen atoms in total. The number of rotatable bonds is 5. The van der Waals surface area contributed by atoms with Gasteiger partial charge >= 0.3 is 0 Å². The summed E-state index contributed by atoms with van der Waals surface area (Å²) in [5.74, 6) is 0. The van der Waals surface area contributed by atoms with Crippen molar-refractivity contribution in [2.24, 2.45) is 5.10 Å². The molecule has 0 bridgehead atoms. The number of hydrogen-bond acceptors (Lipinski definition) is 2. The number of hydrazone groups is 1. The molecule has 0 heterocycles. The van der Waals surface area contributed by atoms with Gasteiger partial charge in [0.25, 0.3) is 0 Å². The Morgan fingerprint density at radius 2 is 2.06 bits per heavy atom. The van der Waals surface area contributed by atoms with Gasteiger partial charge in [0.2, 0.25) is 0 Å². The van der Waals surface area contributed by atoms with Gasteiger partial charge < -0.3 is 5.32 Å². The summed E-state index contributed by atoms with van der Waals surface area (Å²) in [6.45, 7) is 5.10. The van der Waals surface area contributed by atoms with Gasteiger partial charge in [-0.05, 0) is 31.1 Å². The topological polar surface area (TPSA) is 36.4 Å². The molecule has 4 heteroatoms. The molecule has 0 spiro atoms. The number of unbranched alkanes of at least 4 members (excludes halogenated alkanes) is 1. The Kier molecular flexibility index (Phi) is 6.25. The van der Waals surface area contributed by atoms with E-state index in [2.05, 4.69) is 41.8 Å². The smallest absolute Gasteiger partial charge is 0.186 e. The molecule has 0 aromatic heterocycles. The molecule has 0 amide bonds. The van der Waals surface area contributed by atoms with Crippen LogP contribution >= 0.6 is 12.2 Å². The first-order valence-corrected chi connectivity index (χ1v) is 6.26. The zero-order chi connectivity index (χ0) is 12.5. The maximum Gasteiger partial charge on any atom is 0.186 e. The molecule has 0 fully saturated rings. The Balaban J connectivity index is 2.29. The summed E-state index contributed by atoms with van der Waals surface area (Å²) in [5.41, 5.74) is 5.09. The van der Waals surface area contributed by atoms with E-state index in [9.17, 15) is 0 Å². The molecule has 0 radical (unpaired) electrons. The zero-order valence-electron chi connectivity index (χ0n) is 10.4. The Labute approximate surface area is 108 Å². The highest BCUT2D eigenvalue weighted by atomic mass is 32.1. The van der Waals surface area contributed by atoms with Crippen LogP contribution in [0.2, 0.25) is 0 Å². The lowest BCUT2D eigenvalue weighted by Gasteiger charge is -2.05. The van der Waals surface area contributed by atoms with Crippen LogP contribution in [0.25, 0.3) is 0 Å². The van der Waals surface area contributed by atoms with Crippen molar-refractivity contribution in [1.82, 2.24) is 10.7 Å². The first-order valence-electron chi connectivity index (χ1n) is 5.86. The van der Waals surface area contributed by atoms with Crippen molar-refractivity contribution in [2.45, 2.75) is 26.7 Å². The fourth-order valence-corrected chi connectivity index (χ4v) is 1.39. The van der Waals surface area contributed by atoms with Crippen molar-refractivity contribution >= 4 is 23.5 Å². The normalized spacial score (nSPS) is 10.5. The van der Waals surface area contributed by atoms with Crippen molar-refractivity contribution in [3.63, 3.8) is 0 Å². The summed E-state index contributed by atoms with van der Waals surface area (Å²) in [7, 11) is 0. The Bertz CT molecular complexity index is 371. The van der Waals surface area contributed by atoms with Crippen LogP contribution in [0.15, 0.2) is 29.4 Å². The number of aryl methyl sites for hydroxylation is 1. The fourth-order valence-electron chi connectivity index (χ4n) is 1.24. The second-order valence-electron chi connectivity index (χ2n) is 3.89. The van der Waals surface area contributed by atoms with Gasteiger partial charge in [-0.2, -0.15) is 5.10 Å². The van der Waals surface area contributed by atoms with Crippen LogP contribution < -0.4 is 10.7 Å². The highest BCUT2D eigenvalue weighted by Gasteiger charge is 1.91. The van der Waals surface area contributed by atoms with Gasteiger partial charge in [-0.25, -0.2) is 0 Å². The quantitative estimate of drug-likeness (QED) is 0.364. The third-order valence-electron chi connectivity index (χ3n) is 2.27. The lowest BCUT2D eigenvalue weighted by Crippen LogP contribution is -2.32. The number of hydrogen-bond donors (Lipinski definition) is 2. The maximum absolute atomic E-state index is 5.07. The maximum atomic E-state index is 5.07. The molecule has 0 saturated heterocycles. The van der Waals surface area contributed by atoms with E-state index in [4.69, 9.17) is 12.2 Å². The molecule has 92 valence electrons. The summed E-state index contributed by atoms with van der Waals surface area (Å²) in [4.78, 5) is 0. The number of benzene rings is 1. The SMILES string of the molecule is CCCCNC(=S)N/N=C\c1ccc(C)cc1. The standard InChI is InChI=1S/C13H19N3S/c1-3-4-9-14-13(17)16-15-10-12-7-5-11(2)6-8-12/h5-8,10H,3-4,9H2,1-2H3,(H2,14,16,17)/b15-10-. The third kappa shape index (κ3) is 6.02. The number of nitrogens with one attached hydrogen (secondary N) is 2. The van der Waals surface area contributed by atoms with Gasteiger partial charge in [0.05, 0.1) is 6.21 Å². The molecular weight excluding hydrogens is 230 g/mol. The minimum absolute atomic E-state index is 0.571. The average molecular weight is 249 g/mol. The predicted octanol–water partition coefficient (Wildman–Crippen LogP) is 2.59. The molecule has 2 N–H and O–H groups in total. The second-order valence-corrected chi connectivity index (χ2v) is 4.30. The first kappa shape index (κ1) is 13.6. The zero-order valence-corrected chi connectivity index (χ0v) is 11.2. The van der Waals surface area contributed by atoms with Gasteiger partial charge in [-0.3, -0.25) is 5.43 Å². The molecule has 0 aliphatic heterocycles. The fraction of sp³-hybridized carbons (Fsp3) is 0.385. The van der Waals surface area contributed by atoms with Crippen molar-refractivity contribution < 1.29 is 0 Å². The Morgan fingerprint density at radius 3 is 2.71 bits per heavy atom. The van der Waals surface area contributed by atoms with Gasteiger partial charge in [-0.15, -0.1) is 0 Å². The van der Waals surface area contributed by atoms with Crippen molar-refractivity contribution in [3.8, 4) is 0 Å². The molecule has 1 rings (SSSR count). The summed E-state index contributed by atoms with van der Waals surface area (Å²) in [6.07, 6.45) is 4.03. The van der Waals surface area contributed by atoms with E-state index in [0.717, 1.165) is 24.9 Å². The van der Waals surface area contributed by atoms with E-state index in [1.807, 2.05) is 12.1 Å². The van der Waals surface area contributed by atoms with E-state index in [0.29, 0.717) is 5.11 Å². The third-order valence-corrected chi connectivity index (χ3v) is 2.51. The van der Waals surface area contributed by atoms with Gasteiger partial charge in [0, 0.05) is 6.54 Å². The van der Waals surface area contributed by atoms with Crippen LogP contribution in [0.4, 0.5) is 0 Å². The van der Waals surface area contributed by atoms with Gasteiger partial charge in [0.15, 0.2) is 5.11 Å². The monoisotopic (exact) mass is 249 g/mol. The molecular formula is C13H19N3S. The van der Waals surface area contributed by atoms with Crippen LogP contribution in [0.3, 0.4) is 0 Å². The number of nitrogens with zero attached hydrogens (tertiary/aromatic N) is 1. The average Bonchev–Trinajstić information content (AvgIpc) is 2.32. The van der Waals surface area contributed by atoms with E-state index >= 15 is 0 Å². The van der Waals surface area contributed by atoms with E-state index in [1.54, 1.807) is 6.21 Å². The highest BCUT2D eigenvalue weighted by molar-refractivity contribution is 7.80. The predicted molar refractivity (Wildman–Crippen MR) is 77.4 cm³/mol. The lowest BCUT2D eigenvalue weighted by atomic mass is 10.2. The van der Waals surface area contributed by atoms with Gasteiger partial charge in [0.1, 0.15) is 0 Å². The van der Waals surface area contributed by atoms with Crippen LogP contribution in [-0.4, -0.2) is 17.9 Å². The van der Waals surface area contributed by atoms with Crippen LogP contribution in [0.5, 0.6) is 0 Å². The largest absolute Gasteiger partial charge is 0.361 e. The summed E-state index contributed by atoms with van der Waals surface area (Å²) >= 11 is 5.07. The summed E-state index contributed by atoms with van der Waals surface area (Å²) in [5, 5.41) is 7.73. The summed E-state index contributed by atoms with van der Waals surface area (Å²) in [6, 6.07) is 8.15.